The summed E-state index contributed by atoms with van der Waals surface area (Å²) in [5.74, 6) is -0.828. The molecular weight excluding hydrogens is 210 g/mol. The van der Waals surface area contributed by atoms with Gasteiger partial charge < -0.3 is 10.1 Å². The number of fused-ring (bicyclic) bond motifs is 1. The van der Waals surface area contributed by atoms with Crippen molar-refractivity contribution in [2.75, 3.05) is 0 Å². The predicted octanol–water partition coefficient (Wildman–Crippen LogP) is 0.430. The van der Waals surface area contributed by atoms with Crippen molar-refractivity contribution in [3.8, 4) is 0 Å². The standard InChI is InChI=1S/C10H11N3O3/c14-9(15)3-1-2-7-5-13-6-11-4-8(13)10(16)12-7/h4-6H,1-3H2,(H,12,16)(H,14,15). The van der Waals surface area contributed by atoms with E-state index >= 15 is 0 Å². The fraction of sp³-hybridized carbons (Fsp3) is 0.300. The van der Waals surface area contributed by atoms with Crippen LogP contribution in [0.3, 0.4) is 0 Å². The second kappa shape index (κ2) is 4.18. The molecule has 0 saturated carbocycles. The summed E-state index contributed by atoms with van der Waals surface area (Å²) in [6.45, 7) is 0. The number of aliphatic carboxylic acids is 1. The zero-order chi connectivity index (χ0) is 11.5. The Balaban J connectivity index is 2.18. The van der Waals surface area contributed by atoms with Crippen molar-refractivity contribution in [3.63, 3.8) is 0 Å². The summed E-state index contributed by atoms with van der Waals surface area (Å²) in [5.41, 5.74) is 1.00. The molecule has 0 aromatic carbocycles. The van der Waals surface area contributed by atoms with E-state index in [0.717, 1.165) is 5.69 Å². The van der Waals surface area contributed by atoms with E-state index in [0.29, 0.717) is 18.4 Å². The van der Waals surface area contributed by atoms with Gasteiger partial charge in [-0.2, -0.15) is 0 Å². The molecule has 0 unspecified atom stereocenters. The third kappa shape index (κ3) is 2.10. The van der Waals surface area contributed by atoms with Crippen LogP contribution in [0.15, 0.2) is 23.5 Å². The first-order valence-electron chi connectivity index (χ1n) is 4.92. The lowest BCUT2D eigenvalue weighted by Gasteiger charge is -2.01. The van der Waals surface area contributed by atoms with Crippen molar-refractivity contribution in [2.45, 2.75) is 19.3 Å². The SMILES string of the molecule is O=C(O)CCCc1cn2cncc2c(=O)[nH]1. The number of H-pyrrole nitrogens is 1. The van der Waals surface area contributed by atoms with Gasteiger partial charge in [0.2, 0.25) is 0 Å². The lowest BCUT2D eigenvalue weighted by Crippen LogP contribution is -2.12. The molecule has 84 valence electrons. The lowest BCUT2D eigenvalue weighted by molar-refractivity contribution is -0.137. The number of hydrogen-bond acceptors (Lipinski definition) is 3. The fourth-order valence-electron chi connectivity index (χ4n) is 1.55. The number of nitrogens with zero attached hydrogens (tertiary/aromatic N) is 2. The van der Waals surface area contributed by atoms with Gasteiger partial charge >= 0.3 is 5.97 Å². The van der Waals surface area contributed by atoms with Crippen molar-refractivity contribution < 1.29 is 9.90 Å². The van der Waals surface area contributed by atoms with Gasteiger partial charge in [-0.3, -0.25) is 14.0 Å². The molecule has 2 aromatic rings. The number of carbonyl (C=O) groups is 1. The largest absolute Gasteiger partial charge is 0.481 e. The van der Waals surface area contributed by atoms with Gasteiger partial charge in [0.25, 0.3) is 5.56 Å². The number of aryl methyl sites for hydroxylation is 1. The molecule has 0 bridgehead atoms. The summed E-state index contributed by atoms with van der Waals surface area (Å²) in [6.07, 6.45) is 5.93. The van der Waals surface area contributed by atoms with Crippen molar-refractivity contribution >= 4 is 11.5 Å². The highest BCUT2D eigenvalue weighted by molar-refractivity contribution is 5.66. The molecule has 2 aromatic heterocycles. The van der Waals surface area contributed by atoms with Gasteiger partial charge in [0.1, 0.15) is 5.52 Å². The first kappa shape index (κ1) is 10.4. The lowest BCUT2D eigenvalue weighted by atomic mass is 10.2. The second-order valence-electron chi connectivity index (χ2n) is 3.54. The molecule has 0 spiro atoms. The quantitative estimate of drug-likeness (QED) is 0.783. The highest BCUT2D eigenvalue weighted by Crippen LogP contribution is 2.02. The molecular formula is C10H11N3O3. The van der Waals surface area contributed by atoms with Crippen LogP contribution in [0.25, 0.3) is 5.52 Å². The van der Waals surface area contributed by atoms with Crippen LogP contribution >= 0.6 is 0 Å². The van der Waals surface area contributed by atoms with Gasteiger partial charge in [0, 0.05) is 18.3 Å². The van der Waals surface area contributed by atoms with Gasteiger partial charge in [-0.05, 0) is 12.8 Å². The van der Waals surface area contributed by atoms with Crippen LogP contribution in [0.1, 0.15) is 18.5 Å². The molecule has 2 heterocycles. The van der Waals surface area contributed by atoms with Crippen LogP contribution < -0.4 is 5.56 Å². The summed E-state index contributed by atoms with van der Waals surface area (Å²) in [4.78, 5) is 28.4. The average Bonchev–Trinajstić information content (AvgIpc) is 2.65. The maximum Gasteiger partial charge on any atom is 0.303 e. The number of aromatic amines is 1. The molecule has 2 N–H and O–H groups in total. The summed E-state index contributed by atoms with van der Waals surface area (Å²) in [5, 5.41) is 8.50. The van der Waals surface area contributed by atoms with Crippen LogP contribution in [0, 0.1) is 0 Å². The summed E-state index contributed by atoms with van der Waals surface area (Å²) < 4.78 is 1.63. The number of aromatic nitrogens is 3. The molecule has 16 heavy (non-hydrogen) atoms. The van der Waals surface area contributed by atoms with Gasteiger partial charge in [0.15, 0.2) is 0 Å². The van der Waals surface area contributed by atoms with Crippen LogP contribution in [-0.4, -0.2) is 25.4 Å². The molecule has 0 atom stereocenters. The van der Waals surface area contributed by atoms with Crippen molar-refractivity contribution in [2.24, 2.45) is 0 Å². The van der Waals surface area contributed by atoms with E-state index in [4.69, 9.17) is 5.11 Å². The van der Waals surface area contributed by atoms with E-state index in [-0.39, 0.29) is 12.0 Å². The Morgan fingerprint density at radius 1 is 1.56 bits per heavy atom. The van der Waals surface area contributed by atoms with Gasteiger partial charge in [-0.25, -0.2) is 4.98 Å². The Bertz CT molecular complexity index is 570. The molecule has 0 radical (unpaired) electrons. The normalized spacial score (nSPS) is 10.8. The number of hydrogen-bond donors (Lipinski definition) is 2. The van der Waals surface area contributed by atoms with Gasteiger partial charge in [0.05, 0.1) is 12.5 Å². The Kier molecular flexibility index (Phi) is 2.72. The number of imidazole rings is 1. The summed E-state index contributed by atoms with van der Waals surface area (Å²) in [6, 6.07) is 0. The van der Waals surface area contributed by atoms with Gasteiger partial charge in [-0.1, -0.05) is 0 Å². The monoisotopic (exact) mass is 221 g/mol. The molecule has 6 nitrogen and oxygen atoms in total. The number of carboxylic acids is 1. The first-order chi connectivity index (χ1) is 7.66. The number of rotatable bonds is 4. The fourth-order valence-corrected chi connectivity index (χ4v) is 1.55. The average molecular weight is 221 g/mol. The van der Waals surface area contributed by atoms with E-state index in [1.807, 2.05) is 0 Å². The molecule has 2 rings (SSSR count). The zero-order valence-electron chi connectivity index (χ0n) is 8.51. The summed E-state index contributed by atoms with van der Waals surface area (Å²) in [7, 11) is 0. The third-order valence-electron chi connectivity index (χ3n) is 2.30. The highest BCUT2D eigenvalue weighted by Gasteiger charge is 2.03. The molecule has 6 heteroatoms. The minimum atomic E-state index is -0.828. The number of carboxylic acid groups (broad SMARTS) is 1. The van der Waals surface area contributed by atoms with E-state index in [1.54, 1.807) is 16.9 Å². The van der Waals surface area contributed by atoms with E-state index < -0.39 is 5.97 Å². The van der Waals surface area contributed by atoms with Crippen molar-refractivity contribution in [1.29, 1.82) is 0 Å². The van der Waals surface area contributed by atoms with Gasteiger partial charge in [-0.15, -0.1) is 0 Å². The summed E-state index contributed by atoms with van der Waals surface area (Å²) >= 11 is 0. The molecule has 0 aliphatic heterocycles. The van der Waals surface area contributed by atoms with Crippen LogP contribution in [0.5, 0.6) is 0 Å². The predicted molar refractivity (Wildman–Crippen MR) is 56.4 cm³/mol. The smallest absolute Gasteiger partial charge is 0.303 e. The maximum absolute atomic E-state index is 11.5. The second-order valence-corrected chi connectivity index (χ2v) is 3.54. The highest BCUT2D eigenvalue weighted by atomic mass is 16.4. The first-order valence-corrected chi connectivity index (χ1v) is 4.92. The Morgan fingerprint density at radius 3 is 3.12 bits per heavy atom. The topological polar surface area (TPSA) is 87.5 Å². The van der Waals surface area contributed by atoms with E-state index in [2.05, 4.69) is 9.97 Å². The maximum atomic E-state index is 11.5. The van der Waals surface area contributed by atoms with Crippen LogP contribution in [0.4, 0.5) is 0 Å². The third-order valence-corrected chi connectivity index (χ3v) is 2.30. The van der Waals surface area contributed by atoms with Crippen LogP contribution in [-0.2, 0) is 11.2 Å². The Labute approximate surface area is 90.6 Å². The zero-order valence-corrected chi connectivity index (χ0v) is 8.51. The molecule has 0 aliphatic carbocycles. The van der Waals surface area contributed by atoms with Crippen LogP contribution in [0.2, 0.25) is 0 Å². The minimum absolute atomic E-state index is 0.101. The van der Waals surface area contributed by atoms with Crippen molar-refractivity contribution in [1.82, 2.24) is 14.4 Å². The minimum Gasteiger partial charge on any atom is -0.481 e. The number of nitrogens with one attached hydrogen (secondary N) is 1. The molecule has 0 amide bonds. The molecule has 0 fully saturated rings. The van der Waals surface area contributed by atoms with Crippen molar-refractivity contribution in [3.05, 3.63) is 34.8 Å². The molecule has 0 saturated heterocycles. The van der Waals surface area contributed by atoms with E-state index in [9.17, 15) is 9.59 Å². The van der Waals surface area contributed by atoms with E-state index in [1.165, 1.54) is 6.20 Å². The Morgan fingerprint density at radius 2 is 2.38 bits per heavy atom. The molecule has 0 aliphatic rings. The Hall–Kier alpha value is -2.11.